The number of hydrogen-bond donors (Lipinski definition) is 0. The average molecular weight is 176 g/mol. The van der Waals surface area contributed by atoms with Crippen LogP contribution in [0.25, 0.3) is 0 Å². The van der Waals surface area contributed by atoms with Crippen molar-refractivity contribution in [1.29, 1.82) is 0 Å². The molecule has 0 saturated carbocycles. The van der Waals surface area contributed by atoms with Gasteiger partial charge in [0.05, 0.1) is 0 Å². The summed E-state index contributed by atoms with van der Waals surface area (Å²) in [5.74, 6) is 5.79. The lowest BCUT2D eigenvalue weighted by Gasteiger charge is -2.03. The van der Waals surface area contributed by atoms with Gasteiger partial charge in [-0.2, -0.15) is 0 Å². The molecule has 0 aliphatic heterocycles. The molecular formula is C11H12O2. The summed E-state index contributed by atoms with van der Waals surface area (Å²) in [4.78, 5) is 0. The maximum Gasteiger partial charge on any atom is 0.222 e. The lowest BCUT2D eigenvalue weighted by molar-refractivity contribution is -0.0595. The Bertz CT molecular complexity index is 291. The highest BCUT2D eigenvalue weighted by molar-refractivity contribution is 5.33. The molecule has 0 bridgehead atoms. The molecule has 13 heavy (non-hydrogen) atoms. The lowest BCUT2D eigenvalue weighted by Crippen LogP contribution is -2.09. The van der Waals surface area contributed by atoms with Crippen LogP contribution < -0.4 is 0 Å². The highest BCUT2D eigenvalue weighted by atomic mass is 16.7. The molecule has 0 radical (unpaired) electrons. The van der Waals surface area contributed by atoms with E-state index in [9.17, 15) is 0 Å². The van der Waals surface area contributed by atoms with Crippen LogP contribution in [0.5, 0.6) is 0 Å². The van der Waals surface area contributed by atoms with Crippen molar-refractivity contribution in [3.63, 3.8) is 0 Å². The largest absolute Gasteiger partial charge is 0.345 e. The van der Waals surface area contributed by atoms with E-state index in [1.54, 1.807) is 14.2 Å². The van der Waals surface area contributed by atoms with Gasteiger partial charge in [0.1, 0.15) is 0 Å². The van der Waals surface area contributed by atoms with Crippen LogP contribution in [-0.2, 0) is 9.47 Å². The third kappa shape index (κ3) is 3.29. The third-order valence-electron chi connectivity index (χ3n) is 1.54. The molecule has 0 amide bonds. The van der Waals surface area contributed by atoms with Gasteiger partial charge >= 0.3 is 0 Å². The fourth-order valence-electron chi connectivity index (χ4n) is 0.878. The van der Waals surface area contributed by atoms with E-state index >= 15 is 0 Å². The second-order valence-electron chi connectivity index (χ2n) is 2.44. The fraction of sp³-hybridized carbons (Fsp3) is 0.273. The molecule has 68 valence electrons. The molecule has 1 aromatic carbocycles. The van der Waals surface area contributed by atoms with Gasteiger partial charge in [-0.25, -0.2) is 0 Å². The van der Waals surface area contributed by atoms with Gasteiger partial charge in [0.2, 0.25) is 6.29 Å². The van der Waals surface area contributed by atoms with Gasteiger partial charge < -0.3 is 9.47 Å². The first kappa shape index (κ1) is 9.79. The molecule has 0 aliphatic carbocycles. The van der Waals surface area contributed by atoms with Gasteiger partial charge in [0, 0.05) is 19.8 Å². The van der Waals surface area contributed by atoms with Crippen LogP contribution >= 0.6 is 0 Å². The molecule has 0 aliphatic rings. The third-order valence-corrected chi connectivity index (χ3v) is 1.54. The van der Waals surface area contributed by atoms with Crippen LogP contribution in [0.2, 0.25) is 0 Å². The van der Waals surface area contributed by atoms with E-state index < -0.39 is 6.29 Å². The van der Waals surface area contributed by atoms with Crippen molar-refractivity contribution in [2.45, 2.75) is 6.29 Å². The smallest absolute Gasteiger partial charge is 0.222 e. The van der Waals surface area contributed by atoms with Crippen LogP contribution in [-0.4, -0.2) is 20.5 Å². The molecule has 1 aromatic rings. The minimum absolute atomic E-state index is 0.444. The Kier molecular flexibility index (Phi) is 4.04. The minimum Gasteiger partial charge on any atom is -0.345 e. The summed E-state index contributed by atoms with van der Waals surface area (Å²) >= 11 is 0. The summed E-state index contributed by atoms with van der Waals surface area (Å²) < 4.78 is 9.85. The summed E-state index contributed by atoms with van der Waals surface area (Å²) in [5.41, 5.74) is 0.960. The van der Waals surface area contributed by atoms with E-state index in [0.29, 0.717) is 0 Å². The number of rotatable bonds is 2. The van der Waals surface area contributed by atoms with E-state index in [2.05, 4.69) is 11.8 Å². The quantitative estimate of drug-likeness (QED) is 0.504. The second-order valence-corrected chi connectivity index (χ2v) is 2.44. The molecule has 0 heterocycles. The topological polar surface area (TPSA) is 18.5 Å². The first-order chi connectivity index (χ1) is 6.36. The van der Waals surface area contributed by atoms with E-state index in [1.807, 2.05) is 30.3 Å². The molecule has 2 nitrogen and oxygen atoms in total. The number of ether oxygens (including phenoxy) is 2. The number of methoxy groups -OCH3 is 2. The number of hydrogen-bond acceptors (Lipinski definition) is 2. The Labute approximate surface area is 78.5 Å². The highest BCUT2D eigenvalue weighted by Gasteiger charge is 1.96. The molecule has 0 N–H and O–H groups in total. The van der Waals surface area contributed by atoms with Gasteiger partial charge in [0.15, 0.2) is 0 Å². The maximum atomic E-state index is 4.93. The molecular weight excluding hydrogens is 164 g/mol. The first-order valence-corrected chi connectivity index (χ1v) is 3.99. The van der Waals surface area contributed by atoms with Gasteiger partial charge in [-0.05, 0) is 18.1 Å². The maximum absolute atomic E-state index is 4.93. The van der Waals surface area contributed by atoms with Crippen LogP contribution in [0.1, 0.15) is 5.56 Å². The molecule has 0 fully saturated rings. The van der Waals surface area contributed by atoms with Crippen molar-refractivity contribution < 1.29 is 9.47 Å². The molecule has 0 saturated heterocycles. The van der Waals surface area contributed by atoms with Crippen LogP contribution in [0.4, 0.5) is 0 Å². The predicted octanol–water partition coefficient (Wildman–Crippen LogP) is 1.66. The van der Waals surface area contributed by atoms with Crippen molar-refractivity contribution in [2.24, 2.45) is 0 Å². The van der Waals surface area contributed by atoms with E-state index in [4.69, 9.17) is 9.47 Å². The normalized spacial score (nSPS) is 9.46. The zero-order valence-electron chi connectivity index (χ0n) is 7.78. The van der Waals surface area contributed by atoms with Crippen LogP contribution in [0.15, 0.2) is 30.3 Å². The van der Waals surface area contributed by atoms with Crippen molar-refractivity contribution >= 4 is 0 Å². The van der Waals surface area contributed by atoms with Crippen molar-refractivity contribution in [1.82, 2.24) is 0 Å². The zero-order valence-corrected chi connectivity index (χ0v) is 7.78. The van der Waals surface area contributed by atoms with Crippen molar-refractivity contribution in [3.8, 4) is 11.8 Å². The molecule has 0 atom stereocenters. The Morgan fingerprint density at radius 1 is 1.08 bits per heavy atom. The Morgan fingerprint density at radius 3 is 2.23 bits per heavy atom. The molecule has 1 rings (SSSR count). The molecule has 0 unspecified atom stereocenters. The Balaban J connectivity index is 2.66. The summed E-state index contributed by atoms with van der Waals surface area (Å²) in [6.07, 6.45) is -0.444. The monoisotopic (exact) mass is 176 g/mol. The SMILES string of the molecule is COC(C#Cc1ccccc1)OC. The zero-order chi connectivity index (χ0) is 9.52. The predicted molar refractivity (Wildman–Crippen MR) is 51.1 cm³/mol. The molecule has 0 spiro atoms. The van der Waals surface area contributed by atoms with Crippen molar-refractivity contribution in [2.75, 3.05) is 14.2 Å². The van der Waals surface area contributed by atoms with Crippen molar-refractivity contribution in [3.05, 3.63) is 35.9 Å². The summed E-state index contributed by atoms with van der Waals surface area (Å²) in [5, 5.41) is 0. The second kappa shape index (κ2) is 5.36. The minimum atomic E-state index is -0.444. The lowest BCUT2D eigenvalue weighted by atomic mass is 10.2. The van der Waals surface area contributed by atoms with Crippen LogP contribution in [0, 0.1) is 11.8 Å². The van der Waals surface area contributed by atoms with Gasteiger partial charge in [0.25, 0.3) is 0 Å². The number of benzene rings is 1. The fourth-order valence-corrected chi connectivity index (χ4v) is 0.878. The van der Waals surface area contributed by atoms with E-state index in [1.165, 1.54) is 0 Å². The highest BCUT2D eigenvalue weighted by Crippen LogP contribution is 1.96. The standard InChI is InChI=1S/C11H12O2/c1-12-11(13-2)9-8-10-6-4-3-5-7-10/h3-7,11H,1-2H3. The van der Waals surface area contributed by atoms with E-state index in [0.717, 1.165) is 5.56 Å². The van der Waals surface area contributed by atoms with Gasteiger partial charge in [-0.15, -0.1) is 0 Å². The van der Waals surface area contributed by atoms with Gasteiger partial charge in [-0.1, -0.05) is 24.1 Å². The first-order valence-electron chi connectivity index (χ1n) is 3.99. The van der Waals surface area contributed by atoms with Gasteiger partial charge in [-0.3, -0.25) is 0 Å². The summed E-state index contributed by atoms with van der Waals surface area (Å²) in [6.45, 7) is 0. The van der Waals surface area contributed by atoms with E-state index in [-0.39, 0.29) is 0 Å². The van der Waals surface area contributed by atoms with Crippen LogP contribution in [0.3, 0.4) is 0 Å². The average Bonchev–Trinajstić information content (AvgIpc) is 2.21. The molecule has 2 heteroatoms. The Hall–Kier alpha value is -1.30. The Morgan fingerprint density at radius 2 is 1.69 bits per heavy atom. The summed E-state index contributed by atoms with van der Waals surface area (Å²) in [6, 6.07) is 9.72. The summed E-state index contributed by atoms with van der Waals surface area (Å²) in [7, 11) is 3.13. The molecule has 0 aromatic heterocycles.